The molecule has 0 atom stereocenters. The van der Waals surface area contributed by atoms with E-state index in [2.05, 4.69) is 4.72 Å². The summed E-state index contributed by atoms with van der Waals surface area (Å²) in [7, 11) is -2.23. The Morgan fingerprint density at radius 2 is 1.77 bits per heavy atom. The molecule has 2 N–H and O–H groups in total. The summed E-state index contributed by atoms with van der Waals surface area (Å²) in [6, 6.07) is 10.00. The molecule has 2 aromatic rings. The molecule has 2 rings (SSSR count). The van der Waals surface area contributed by atoms with Crippen molar-refractivity contribution in [1.29, 1.82) is 0 Å². The largest absolute Gasteiger partial charge is 0.496 e. The van der Waals surface area contributed by atoms with Gasteiger partial charge in [-0.15, -0.1) is 0 Å². The fourth-order valence-electron chi connectivity index (χ4n) is 1.91. The van der Waals surface area contributed by atoms with Crippen LogP contribution in [0.25, 0.3) is 0 Å². The quantitative estimate of drug-likeness (QED) is 0.882. The maximum atomic E-state index is 12.3. The molecular weight excluding hydrogens is 306 g/mol. The minimum atomic E-state index is -3.75. The van der Waals surface area contributed by atoms with Crippen LogP contribution in [0.3, 0.4) is 0 Å². The van der Waals surface area contributed by atoms with Crippen LogP contribution >= 0.6 is 0 Å². The first-order valence-corrected chi connectivity index (χ1v) is 7.82. The van der Waals surface area contributed by atoms with Crippen LogP contribution in [0.15, 0.2) is 47.4 Å². The number of aromatic carboxylic acids is 1. The van der Waals surface area contributed by atoms with Gasteiger partial charge >= 0.3 is 5.97 Å². The first kappa shape index (κ1) is 15.8. The van der Waals surface area contributed by atoms with Crippen LogP contribution in [0.2, 0.25) is 0 Å². The Kier molecular flexibility index (Phi) is 4.37. The molecule has 0 unspecified atom stereocenters. The first-order chi connectivity index (χ1) is 10.3. The zero-order valence-electron chi connectivity index (χ0n) is 12.0. The molecule has 0 aliphatic carbocycles. The normalized spacial score (nSPS) is 11.0. The lowest BCUT2D eigenvalue weighted by Crippen LogP contribution is -2.13. The van der Waals surface area contributed by atoms with Crippen molar-refractivity contribution in [3.63, 3.8) is 0 Å². The van der Waals surface area contributed by atoms with E-state index < -0.39 is 16.0 Å². The van der Waals surface area contributed by atoms with Gasteiger partial charge in [0.1, 0.15) is 5.75 Å². The van der Waals surface area contributed by atoms with Gasteiger partial charge < -0.3 is 9.84 Å². The lowest BCUT2D eigenvalue weighted by molar-refractivity contribution is 0.0697. The second kappa shape index (κ2) is 6.07. The number of nitrogens with one attached hydrogen (secondary N) is 1. The third kappa shape index (κ3) is 3.37. The van der Waals surface area contributed by atoms with Crippen LogP contribution in [-0.2, 0) is 10.0 Å². The molecule has 22 heavy (non-hydrogen) atoms. The SMILES string of the molecule is COc1ccc(S(=O)(=O)Nc2ccc(C(=O)O)cc2)cc1C. The molecule has 0 radical (unpaired) electrons. The number of carboxylic acids is 1. The molecule has 0 aliphatic rings. The van der Waals surface area contributed by atoms with Gasteiger partial charge in [-0.25, -0.2) is 13.2 Å². The van der Waals surface area contributed by atoms with Crippen LogP contribution in [0.5, 0.6) is 5.75 Å². The Hall–Kier alpha value is -2.54. The van der Waals surface area contributed by atoms with Crippen LogP contribution in [-0.4, -0.2) is 26.6 Å². The van der Waals surface area contributed by atoms with Crippen molar-refractivity contribution in [3.05, 3.63) is 53.6 Å². The molecule has 116 valence electrons. The Labute approximate surface area is 128 Å². The number of carbonyl (C=O) groups is 1. The molecule has 0 saturated carbocycles. The van der Waals surface area contributed by atoms with Crippen molar-refractivity contribution >= 4 is 21.7 Å². The lowest BCUT2D eigenvalue weighted by atomic mass is 10.2. The summed E-state index contributed by atoms with van der Waals surface area (Å²) in [5.41, 5.74) is 1.08. The fourth-order valence-corrected chi connectivity index (χ4v) is 3.06. The van der Waals surface area contributed by atoms with Gasteiger partial charge in [0.2, 0.25) is 0 Å². The highest BCUT2D eigenvalue weighted by atomic mass is 32.2. The van der Waals surface area contributed by atoms with E-state index in [4.69, 9.17) is 9.84 Å². The third-order valence-corrected chi connectivity index (χ3v) is 4.44. The number of aryl methyl sites for hydroxylation is 1. The van der Waals surface area contributed by atoms with Crippen molar-refractivity contribution in [2.75, 3.05) is 11.8 Å². The number of hydrogen-bond donors (Lipinski definition) is 2. The van der Waals surface area contributed by atoms with Crippen LogP contribution in [0.4, 0.5) is 5.69 Å². The second-order valence-electron chi connectivity index (χ2n) is 4.62. The summed E-state index contributed by atoms with van der Waals surface area (Å²) >= 11 is 0. The Morgan fingerprint density at radius 3 is 2.27 bits per heavy atom. The highest BCUT2D eigenvalue weighted by Gasteiger charge is 2.16. The van der Waals surface area contributed by atoms with Crippen LogP contribution in [0, 0.1) is 6.92 Å². The van der Waals surface area contributed by atoms with E-state index in [0.717, 1.165) is 0 Å². The van der Waals surface area contributed by atoms with E-state index in [-0.39, 0.29) is 10.5 Å². The number of sulfonamides is 1. The van der Waals surface area contributed by atoms with Crippen molar-refractivity contribution in [2.45, 2.75) is 11.8 Å². The third-order valence-electron chi connectivity index (χ3n) is 3.06. The summed E-state index contributed by atoms with van der Waals surface area (Å²) in [5.74, 6) is -0.468. The molecule has 0 spiro atoms. The molecule has 7 heteroatoms. The van der Waals surface area contributed by atoms with Gasteiger partial charge in [0.25, 0.3) is 10.0 Å². The van der Waals surface area contributed by atoms with Gasteiger partial charge in [0, 0.05) is 5.69 Å². The maximum Gasteiger partial charge on any atom is 0.335 e. The molecule has 2 aromatic carbocycles. The Balaban J connectivity index is 2.27. The zero-order valence-corrected chi connectivity index (χ0v) is 12.8. The first-order valence-electron chi connectivity index (χ1n) is 6.34. The average Bonchev–Trinajstić information content (AvgIpc) is 2.47. The van der Waals surface area contributed by atoms with Gasteiger partial charge in [-0.05, 0) is 55.0 Å². The fraction of sp³-hybridized carbons (Fsp3) is 0.133. The van der Waals surface area contributed by atoms with Gasteiger partial charge in [-0.2, -0.15) is 0 Å². The number of anilines is 1. The van der Waals surface area contributed by atoms with Crippen molar-refractivity contribution < 1.29 is 23.1 Å². The van der Waals surface area contributed by atoms with Gasteiger partial charge in [-0.3, -0.25) is 4.72 Å². The van der Waals surface area contributed by atoms with Crippen LogP contribution in [0.1, 0.15) is 15.9 Å². The monoisotopic (exact) mass is 321 g/mol. The van der Waals surface area contributed by atoms with E-state index >= 15 is 0 Å². The summed E-state index contributed by atoms with van der Waals surface area (Å²) in [5, 5.41) is 8.82. The molecule has 0 aliphatic heterocycles. The van der Waals surface area contributed by atoms with Gasteiger partial charge in [0.05, 0.1) is 17.6 Å². The molecule has 6 nitrogen and oxygen atoms in total. The molecular formula is C15H15NO5S. The Morgan fingerprint density at radius 1 is 1.14 bits per heavy atom. The number of ether oxygens (including phenoxy) is 1. The van der Waals surface area contributed by atoms with Crippen molar-refractivity contribution in [2.24, 2.45) is 0 Å². The summed E-state index contributed by atoms with van der Waals surface area (Å²) in [4.78, 5) is 10.9. The minimum Gasteiger partial charge on any atom is -0.496 e. The maximum absolute atomic E-state index is 12.3. The predicted molar refractivity (Wildman–Crippen MR) is 81.9 cm³/mol. The number of benzene rings is 2. The van der Waals surface area contributed by atoms with Gasteiger partial charge in [-0.1, -0.05) is 0 Å². The number of rotatable bonds is 5. The number of hydrogen-bond acceptors (Lipinski definition) is 4. The highest BCUT2D eigenvalue weighted by molar-refractivity contribution is 7.92. The number of methoxy groups -OCH3 is 1. The standard InChI is InChI=1S/C15H15NO5S/c1-10-9-13(7-8-14(10)21-2)22(19,20)16-12-5-3-11(4-6-12)15(17)18/h3-9,16H,1-2H3,(H,17,18). The molecule has 0 saturated heterocycles. The number of carboxylic acid groups (broad SMARTS) is 1. The highest BCUT2D eigenvalue weighted by Crippen LogP contribution is 2.23. The summed E-state index contributed by atoms with van der Waals surface area (Å²) < 4.78 is 32.1. The van der Waals surface area contributed by atoms with Crippen molar-refractivity contribution in [3.8, 4) is 5.75 Å². The second-order valence-corrected chi connectivity index (χ2v) is 6.30. The average molecular weight is 321 g/mol. The summed E-state index contributed by atoms with van der Waals surface area (Å²) in [6.45, 7) is 1.75. The minimum absolute atomic E-state index is 0.0863. The smallest absolute Gasteiger partial charge is 0.335 e. The molecule has 0 bridgehead atoms. The topological polar surface area (TPSA) is 92.7 Å². The van der Waals surface area contributed by atoms with E-state index in [0.29, 0.717) is 17.0 Å². The summed E-state index contributed by atoms with van der Waals surface area (Å²) in [6.07, 6.45) is 0. The van der Waals surface area contributed by atoms with E-state index in [9.17, 15) is 13.2 Å². The van der Waals surface area contributed by atoms with E-state index in [1.807, 2.05) is 0 Å². The van der Waals surface area contributed by atoms with E-state index in [1.165, 1.54) is 43.5 Å². The zero-order chi connectivity index (χ0) is 16.3. The van der Waals surface area contributed by atoms with Crippen molar-refractivity contribution in [1.82, 2.24) is 0 Å². The molecule has 0 heterocycles. The van der Waals surface area contributed by atoms with Crippen LogP contribution < -0.4 is 9.46 Å². The van der Waals surface area contributed by atoms with E-state index in [1.54, 1.807) is 13.0 Å². The predicted octanol–water partition coefficient (Wildman–Crippen LogP) is 2.50. The lowest BCUT2D eigenvalue weighted by Gasteiger charge is -2.10. The molecule has 0 amide bonds. The van der Waals surface area contributed by atoms with Gasteiger partial charge in [0.15, 0.2) is 0 Å². The Bertz CT molecular complexity index is 797. The molecule has 0 fully saturated rings. The molecule has 0 aromatic heterocycles.